The molecule has 0 unspecified atom stereocenters. The standard InChI is InChI=1S/C27H29N3O2/c1-19-9-12-22(13-10-19)27(31)28-18-26-29-24-7-4-5-8-25(24)30(26)15-6-16-32-23-14-11-20(2)21(3)17-23/h4-5,7-14,17H,6,15-16,18H2,1-3H3,(H,28,31). The number of hydrogen-bond donors (Lipinski definition) is 1. The summed E-state index contributed by atoms with van der Waals surface area (Å²) in [5.41, 5.74) is 6.28. The van der Waals surface area contributed by atoms with Crippen molar-refractivity contribution >= 4 is 16.9 Å². The molecule has 1 N–H and O–H groups in total. The second kappa shape index (κ2) is 9.69. The van der Waals surface area contributed by atoms with E-state index in [0.717, 1.165) is 41.1 Å². The zero-order valence-corrected chi connectivity index (χ0v) is 18.9. The topological polar surface area (TPSA) is 56.2 Å². The summed E-state index contributed by atoms with van der Waals surface area (Å²) in [6.07, 6.45) is 0.839. The molecular weight excluding hydrogens is 398 g/mol. The van der Waals surface area contributed by atoms with Gasteiger partial charge in [0, 0.05) is 12.1 Å². The second-order valence-corrected chi connectivity index (χ2v) is 8.17. The molecule has 1 amide bonds. The highest BCUT2D eigenvalue weighted by Crippen LogP contribution is 2.19. The van der Waals surface area contributed by atoms with Crippen LogP contribution in [-0.2, 0) is 13.1 Å². The Bertz CT molecular complexity index is 1230. The fourth-order valence-corrected chi connectivity index (χ4v) is 3.69. The maximum Gasteiger partial charge on any atom is 0.251 e. The minimum Gasteiger partial charge on any atom is -0.494 e. The van der Waals surface area contributed by atoms with Gasteiger partial charge in [-0.25, -0.2) is 4.98 Å². The first-order chi connectivity index (χ1) is 15.5. The van der Waals surface area contributed by atoms with E-state index in [2.05, 4.69) is 41.9 Å². The van der Waals surface area contributed by atoms with Crippen LogP contribution in [0.25, 0.3) is 11.0 Å². The Labute approximate surface area is 189 Å². The first kappa shape index (κ1) is 21.6. The Balaban J connectivity index is 1.42. The van der Waals surface area contributed by atoms with Crippen LogP contribution in [0.2, 0.25) is 0 Å². The number of aromatic nitrogens is 2. The van der Waals surface area contributed by atoms with Crippen LogP contribution < -0.4 is 10.1 Å². The van der Waals surface area contributed by atoms with Crippen molar-refractivity contribution in [2.75, 3.05) is 6.61 Å². The third-order valence-electron chi connectivity index (χ3n) is 5.73. The average Bonchev–Trinajstić information content (AvgIpc) is 3.15. The number of rotatable bonds is 8. The van der Waals surface area contributed by atoms with Gasteiger partial charge >= 0.3 is 0 Å². The van der Waals surface area contributed by atoms with E-state index in [0.29, 0.717) is 18.7 Å². The fraction of sp³-hybridized carbons (Fsp3) is 0.259. The molecule has 1 aromatic heterocycles. The van der Waals surface area contributed by atoms with Crippen LogP contribution in [0, 0.1) is 20.8 Å². The van der Waals surface area contributed by atoms with Crippen molar-refractivity contribution in [2.24, 2.45) is 0 Å². The molecule has 0 aliphatic heterocycles. The lowest BCUT2D eigenvalue weighted by Crippen LogP contribution is -2.25. The first-order valence-electron chi connectivity index (χ1n) is 11.0. The number of nitrogens with zero attached hydrogens (tertiary/aromatic N) is 2. The molecule has 5 heteroatoms. The van der Waals surface area contributed by atoms with E-state index in [1.807, 2.05) is 55.5 Å². The van der Waals surface area contributed by atoms with Crippen molar-refractivity contribution in [3.8, 4) is 5.75 Å². The monoisotopic (exact) mass is 427 g/mol. The summed E-state index contributed by atoms with van der Waals surface area (Å²) < 4.78 is 8.13. The van der Waals surface area contributed by atoms with Gasteiger partial charge in [0.15, 0.2) is 0 Å². The highest BCUT2D eigenvalue weighted by Gasteiger charge is 2.12. The number of fused-ring (bicyclic) bond motifs is 1. The van der Waals surface area contributed by atoms with Crippen LogP contribution in [0.1, 0.15) is 39.3 Å². The number of carbonyl (C=O) groups is 1. The summed E-state index contributed by atoms with van der Waals surface area (Å²) in [6, 6.07) is 21.8. The zero-order valence-electron chi connectivity index (χ0n) is 18.9. The molecule has 3 aromatic carbocycles. The lowest BCUT2D eigenvalue weighted by molar-refractivity contribution is 0.0949. The molecule has 164 valence electrons. The third-order valence-corrected chi connectivity index (χ3v) is 5.73. The van der Waals surface area contributed by atoms with Crippen LogP contribution in [0.4, 0.5) is 0 Å². The van der Waals surface area contributed by atoms with E-state index in [1.54, 1.807) is 0 Å². The highest BCUT2D eigenvalue weighted by atomic mass is 16.5. The van der Waals surface area contributed by atoms with Gasteiger partial charge < -0.3 is 14.6 Å². The van der Waals surface area contributed by atoms with E-state index < -0.39 is 0 Å². The first-order valence-corrected chi connectivity index (χ1v) is 11.0. The molecular formula is C27H29N3O2. The van der Waals surface area contributed by atoms with E-state index in [4.69, 9.17) is 9.72 Å². The zero-order chi connectivity index (χ0) is 22.5. The fourth-order valence-electron chi connectivity index (χ4n) is 3.69. The summed E-state index contributed by atoms with van der Waals surface area (Å²) in [5.74, 6) is 1.65. The summed E-state index contributed by atoms with van der Waals surface area (Å²) in [4.78, 5) is 17.3. The molecule has 4 aromatic rings. The molecule has 5 nitrogen and oxygen atoms in total. The smallest absolute Gasteiger partial charge is 0.251 e. The van der Waals surface area contributed by atoms with Crippen LogP contribution in [0.15, 0.2) is 66.7 Å². The van der Waals surface area contributed by atoms with Crippen molar-refractivity contribution in [3.05, 3.63) is 94.8 Å². The van der Waals surface area contributed by atoms with Crippen LogP contribution in [0.5, 0.6) is 5.75 Å². The molecule has 32 heavy (non-hydrogen) atoms. The van der Waals surface area contributed by atoms with Gasteiger partial charge in [-0.1, -0.05) is 35.9 Å². The van der Waals surface area contributed by atoms with E-state index in [9.17, 15) is 4.79 Å². The molecule has 4 rings (SSSR count). The number of ether oxygens (including phenoxy) is 1. The molecule has 0 spiro atoms. The Morgan fingerprint density at radius 1 is 0.969 bits per heavy atom. The van der Waals surface area contributed by atoms with Crippen molar-refractivity contribution in [2.45, 2.75) is 40.3 Å². The van der Waals surface area contributed by atoms with Crippen molar-refractivity contribution < 1.29 is 9.53 Å². The van der Waals surface area contributed by atoms with Crippen LogP contribution in [0.3, 0.4) is 0 Å². The summed E-state index contributed by atoms with van der Waals surface area (Å²) in [7, 11) is 0. The van der Waals surface area contributed by atoms with Gasteiger partial charge in [-0.3, -0.25) is 4.79 Å². The Hall–Kier alpha value is -3.60. The predicted molar refractivity (Wildman–Crippen MR) is 128 cm³/mol. The van der Waals surface area contributed by atoms with Crippen molar-refractivity contribution in [1.29, 1.82) is 0 Å². The number of hydrogen-bond acceptors (Lipinski definition) is 3. The van der Waals surface area contributed by atoms with Crippen molar-refractivity contribution in [1.82, 2.24) is 14.9 Å². The van der Waals surface area contributed by atoms with Crippen LogP contribution >= 0.6 is 0 Å². The van der Waals surface area contributed by atoms with E-state index in [-0.39, 0.29) is 5.91 Å². The second-order valence-electron chi connectivity index (χ2n) is 8.17. The number of para-hydroxylation sites is 2. The number of benzene rings is 3. The quantitative estimate of drug-likeness (QED) is 0.385. The van der Waals surface area contributed by atoms with Crippen molar-refractivity contribution in [3.63, 3.8) is 0 Å². The molecule has 0 aliphatic rings. The summed E-state index contributed by atoms with van der Waals surface area (Å²) >= 11 is 0. The SMILES string of the molecule is Cc1ccc(C(=O)NCc2nc3ccccc3n2CCCOc2ccc(C)c(C)c2)cc1. The van der Waals surface area contributed by atoms with Gasteiger partial charge in [-0.2, -0.15) is 0 Å². The minimum absolute atomic E-state index is 0.0957. The number of nitrogens with one attached hydrogen (secondary N) is 1. The van der Waals surface area contributed by atoms with Gasteiger partial charge in [0.05, 0.1) is 24.2 Å². The lowest BCUT2D eigenvalue weighted by Gasteiger charge is -2.12. The molecule has 0 radical (unpaired) electrons. The average molecular weight is 428 g/mol. The van der Waals surface area contributed by atoms with Gasteiger partial charge in [-0.15, -0.1) is 0 Å². The Kier molecular flexibility index (Phi) is 6.55. The Morgan fingerprint density at radius 3 is 2.53 bits per heavy atom. The minimum atomic E-state index is -0.0957. The molecule has 0 atom stereocenters. The maximum absolute atomic E-state index is 12.6. The predicted octanol–water partition coefficient (Wildman–Crippen LogP) is 5.36. The molecule has 0 aliphatic carbocycles. The molecule has 0 bridgehead atoms. The van der Waals surface area contributed by atoms with Gasteiger partial charge in [-0.05, 0) is 74.7 Å². The maximum atomic E-state index is 12.6. The van der Waals surface area contributed by atoms with Gasteiger partial charge in [0.2, 0.25) is 0 Å². The third kappa shape index (κ3) is 4.99. The van der Waals surface area contributed by atoms with Gasteiger partial charge in [0.25, 0.3) is 5.91 Å². The highest BCUT2D eigenvalue weighted by molar-refractivity contribution is 5.94. The normalized spacial score (nSPS) is 11.0. The van der Waals surface area contributed by atoms with Gasteiger partial charge in [0.1, 0.15) is 11.6 Å². The lowest BCUT2D eigenvalue weighted by atomic mass is 10.1. The molecule has 0 saturated carbocycles. The summed E-state index contributed by atoms with van der Waals surface area (Å²) in [5, 5.41) is 3.01. The largest absolute Gasteiger partial charge is 0.494 e. The summed E-state index contributed by atoms with van der Waals surface area (Å²) in [6.45, 7) is 7.96. The van der Waals surface area contributed by atoms with E-state index in [1.165, 1.54) is 11.1 Å². The van der Waals surface area contributed by atoms with Crippen LogP contribution in [-0.4, -0.2) is 22.1 Å². The number of imidazole rings is 1. The molecule has 0 fully saturated rings. The number of amides is 1. The molecule has 1 heterocycles. The number of carbonyl (C=O) groups excluding carboxylic acids is 1. The molecule has 0 saturated heterocycles. The Morgan fingerprint density at radius 2 is 1.75 bits per heavy atom. The van der Waals surface area contributed by atoms with E-state index >= 15 is 0 Å². The number of aryl methyl sites for hydroxylation is 4.